The molecule has 5 nitrogen and oxygen atoms in total. The Morgan fingerprint density at radius 3 is 2.17 bits per heavy atom. The van der Waals surface area contributed by atoms with Crippen molar-refractivity contribution in [2.75, 3.05) is 24.5 Å². The van der Waals surface area contributed by atoms with Gasteiger partial charge in [-0.3, -0.25) is 9.59 Å². The third-order valence-electron chi connectivity index (χ3n) is 7.35. The summed E-state index contributed by atoms with van der Waals surface area (Å²) in [7, 11) is 0. The molecule has 158 valence electrons. The SMILES string of the molecule is CC(C)(C)c1ccc(N2CC[C@]3(CC[C@@](O)(CN4CCCC4=O)CC3)C2=O)cc1. The number of anilines is 1. The minimum absolute atomic E-state index is 0.0965. The second-order valence-electron chi connectivity index (χ2n) is 10.4. The zero-order valence-corrected chi connectivity index (χ0v) is 18.0. The minimum atomic E-state index is -0.840. The number of benzene rings is 1. The first kappa shape index (κ1) is 20.4. The molecule has 2 saturated heterocycles. The van der Waals surface area contributed by atoms with Crippen LogP contribution in [0, 0.1) is 5.41 Å². The smallest absolute Gasteiger partial charge is 0.233 e. The topological polar surface area (TPSA) is 60.9 Å². The van der Waals surface area contributed by atoms with Crippen molar-refractivity contribution in [1.82, 2.24) is 4.90 Å². The monoisotopic (exact) mass is 398 g/mol. The fourth-order valence-electron chi connectivity index (χ4n) is 5.25. The highest BCUT2D eigenvalue weighted by molar-refractivity contribution is 6.00. The summed E-state index contributed by atoms with van der Waals surface area (Å²) in [6.07, 6.45) is 4.95. The molecule has 0 bridgehead atoms. The van der Waals surface area contributed by atoms with Crippen LogP contribution < -0.4 is 4.90 Å². The molecule has 1 N–H and O–H groups in total. The van der Waals surface area contributed by atoms with Crippen LogP contribution in [0.5, 0.6) is 0 Å². The summed E-state index contributed by atoms with van der Waals surface area (Å²) in [4.78, 5) is 29.0. The summed E-state index contributed by atoms with van der Waals surface area (Å²) in [6, 6.07) is 8.38. The minimum Gasteiger partial charge on any atom is -0.388 e. The number of amides is 2. The first-order valence-electron chi connectivity index (χ1n) is 11.0. The Hall–Kier alpha value is -1.88. The van der Waals surface area contributed by atoms with Crippen LogP contribution in [0.15, 0.2) is 24.3 Å². The number of nitrogens with zero attached hydrogens (tertiary/aromatic N) is 2. The van der Waals surface area contributed by atoms with Crippen molar-refractivity contribution < 1.29 is 14.7 Å². The third kappa shape index (κ3) is 3.81. The van der Waals surface area contributed by atoms with Crippen LogP contribution in [0.1, 0.15) is 71.3 Å². The summed E-state index contributed by atoms with van der Waals surface area (Å²) in [5.41, 5.74) is 1.15. The Labute approximate surface area is 174 Å². The highest BCUT2D eigenvalue weighted by atomic mass is 16.3. The van der Waals surface area contributed by atoms with Crippen molar-refractivity contribution >= 4 is 17.5 Å². The molecule has 0 radical (unpaired) electrons. The third-order valence-corrected chi connectivity index (χ3v) is 7.35. The number of hydrogen-bond acceptors (Lipinski definition) is 3. The van der Waals surface area contributed by atoms with Gasteiger partial charge >= 0.3 is 0 Å². The van der Waals surface area contributed by atoms with E-state index in [4.69, 9.17) is 0 Å². The molecule has 0 unspecified atom stereocenters. The van der Waals surface area contributed by atoms with E-state index in [0.29, 0.717) is 38.6 Å². The van der Waals surface area contributed by atoms with Gasteiger partial charge in [0.25, 0.3) is 0 Å². The molecule has 3 aliphatic rings. The molecule has 0 atom stereocenters. The van der Waals surface area contributed by atoms with Crippen molar-refractivity contribution in [3.8, 4) is 0 Å². The molecular formula is C24H34N2O3. The number of carbonyl (C=O) groups excluding carboxylic acids is 2. The Kier molecular flexibility index (Phi) is 5.01. The molecule has 3 fully saturated rings. The van der Waals surface area contributed by atoms with Gasteiger partial charge in [0.15, 0.2) is 0 Å². The Bertz CT molecular complexity index is 785. The number of likely N-dealkylation sites (tertiary alicyclic amines) is 1. The summed E-state index contributed by atoms with van der Waals surface area (Å²) < 4.78 is 0. The lowest BCUT2D eigenvalue weighted by Crippen LogP contribution is -2.49. The molecule has 2 aliphatic heterocycles. The van der Waals surface area contributed by atoms with Crippen molar-refractivity contribution in [3.05, 3.63) is 29.8 Å². The zero-order chi connectivity index (χ0) is 20.9. The number of rotatable bonds is 3. The molecule has 1 spiro atoms. The summed E-state index contributed by atoms with van der Waals surface area (Å²) in [6.45, 7) is 8.50. The summed E-state index contributed by atoms with van der Waals surface area (Å²) >= 11 is 0. The summed E-state index contributed by atoms with van der Waals surface area (Å²) in [5.74, 6) is 0.362. The molecule has 29 heavy (non-hydrogen) atoms. The van der Waals surface area contributed by atoms with E-state index >= 15 is 0 Å². The quantitative estimate of drug-likeness (QED) is 0.846. The van der Waals surface area contributed by atoms with E-state index < -0.39 is 5.60 Å². The molecule has 1 saturated carbocycles. The lowest BCUT2D eigenvalue weighted by atomic mass is 9.67. The van der Waals surface area contributed by atoms with Gasteiger partial charge in [0.05, 0.1) is 11.0 Å². The maximum Gasteiger partial charge on any atom is 0.233 e. The predicted molar refractivity (Wildman–Crippen MR) is 114 cm³/mol. The van der Waals surface area contributed by atoms with Crippen molar-refractivity contribution in [1.29, 1.82) is 0 Å². The average Bonchev–Trinajstić information content (AvgIpc) is 3.21. The molecular weight excluding hydrogens is 364 g/mol. The van der Waals surface area contributed by atoms with Crippen LogP contribution in [0.2, 0.25) is 0 Å². The Morgan fingerprint density at radius 2 is 1.62 bits per heavy atom. The van der Waals surface area contributed by atoms with Gasteiger partial charge in [-0.15, -0.1) is 0 Å². The standard InChI is InChI=1S/C24H34N2O3/c1-22(2,3)18-6-8-19(9-7-18)26-16-14-23(21(26)28)10-12-24(29,13-11-23)17-25-15-4-5-20(25)27/h6-9,29H,4-5,10-17H2,1-3H3/t23-,24+. The largest absolute Gasteiger partial charge is 0.388 e. The fourth-order valence-corrected chi connectivity index (χ4v) is 5.25. The van der Waals surface area contributed by atoms with Gasteiger partial charge in [-0.25, -0.2) is 0 Å². The number of carbonyl (C=O) groups is 2. The van der Waals surface area contributed by atoms with E-state index in [1.54, 1.807) is 4.90 Å². The Balaban J connectivity index is 1.42. The van der Waals surface area contributed by atoms with E-state index in [1.165, 1.54) is 5.56 Å². The van der Waals surface area contributed by atoms with E-state index in [0.717, 1.165) is 31.6 Å². The molecule has 4 rings (SSSR count). The molecule has 2 heterocycles. The molecule has 2 amide bonds. The van der Waals surface area contributed by atoms with Crippen molar-refractivity contribution in [3.63, 3.8) is 0 Å². The van der Waals surface area contributed by atoms with Crippen LogP contribution in [-0.2, 0) is 15.0 Å². The molecule has 1 aromatic carbocycles. The van der Waals surface area contributed by atoms with Gasteiger partial charge in [-0.2, -0.15) is 0 Å². The highest BCUT2D eigenvalue weighted by Crippen LogP contribution is 2.49. The first-order valence-corrected chi connectivity index (χ1v) is 11.0. The maximum atomic E-state index is 13.4. The first-order chi connectivity index (χ1) is 13.6. The molecule has 1 aromatic rings. The van der Waals surface area contributed by atoms with Gasteiger partial charge in [0, 0.05) is 31.7 Å². The van der Waals surface area contributed by atoms with Crippen molar-refractivity contribution in [2.45, 2.75) is 76.7 Å². The lowest BCUT2D eigenvalue weighted by Gasteiger charge is -2.42. The van der Waals surface area contributed by atoms with Crippen LogP contribution in [0.3, 0.4) is 0 Å². The zero-order valence-electron chi connectivity index (χ0n) is 18.0. The van der Waals surface area contributed by atoms with Gasteiger partial charge in [-0.1, -0.05) is 32.9 Å². The number of β-amino-alcohol motifs (C(OH)–C–C–N with tert-alkyl or cyclic N) is 1. The molecule has 0 aromatic heterocycles. The maximum absolute atomic E-state index is 13.4. The van der Waals surface area contributed by atoms with Crippen LogP contribution in [0.4, 0.5) is 5.69 Å². The van der Waals surface area contributed by atoms with Crippen LogP contribution in [0.25, 0.3) is 0 Å². The predicted octanol–water partition coefficient (Wildman–Crippen LogP) is 3.63. The van der Waals surface area contributed by atoms with Crippen LogP contribution in [-0.4, -0.2) is 47.1 Å². The van der Waals surface area contributed by atoms with E-state index in [-0.39, 0.29) is 22.6 Å². The van der Waals surface area contributed by atoms with Gasteiger partial charge in [0.1, 0.15) is 0 Å². The highest BCUT2D eigenvalue weighted by Gasteiger charge is 2.52. The summed E-state index contributed by atoms with van der Waals surface area (Å²) in [5, 5.41) is 11.1. The molecule has 5 heteroatoms. The lowest BCUT2D eigenvalue weighted by molar-refractivity contribution is -0.137. The number of hydrogen-bond donors (Lipinski definition) is 1. The normalized spacial score (nSPS) is 30.6. The van der Waals surface area contributed by atoms with E-state index in [9.17, 15) is 14.7 Å². The second kappa shape index (κ2) is 7.12. The average molecular weight is 399 g/mol. The van der Waals surface area contributed by atoms with E-state index in [2.05, 4.69) is 45.0 Å². The van der Waals surface area contributed by atoms with E-state index in [1.807, 2.05) is 4.90 Å². The van der Waals surface area contributed by atoms with Gasteiger partial charge in [0.2, 0.25) is 11.8 Å². The Morgan fingerprint density at radius 1 is 0.966 bits per heavy atom. The number of aliphatic hydroxyl groups is 1. The molecule has 1 aliphatic carbocycles. The van der Waals surface area contributed by atoms with Crippen LogP contribution >= 0.6 is 0 Å². The second-order valence-corrected chi connectivity index (χ2v) is 10.4. The van der Waals surface area contributed by atoms with Gasteiger partial charge in [-0.05, 0) is 61.6 Å². The van der Waals surface area contributed by atoms with Crippen molar-refractivity contribution in [2.24, 2.45) is 5.41 Å². The van der Waals surface area contributed by atoms with Gasteiger partial charge < -0.3 is 14.9 Å². The fraction of sp³-hybridized carbons (Fsp3) is 0.667.